The Morgan fingerprint density at radius 2 is 1.70 bits per heavy atom. The van der Waals surface area contributed by atoms with E-state index in [9.17, 15) is 9.59 Å². The van der Waals surface area contributed by atoms with Crippen LogP contribution in [0.1, 0.15) is 20.8 Å². The smallest absolute Gasteiger partial charge is 0.258 e. The summed E-state index contributed by atoms with van der Waals surface area (Å²) < 4.78 is 21.4. The van der Waals surface area contributed by atoms with Crippen LogP contribution in [0.3, 0.4) is 0 Å². The van der Waals surface area contributed by atoms with E-state index in [1.165, 1.54) is 27.2 Å². The van der Waals surface area contributed by atoms with Gasteiger partial charge in [-0.25, -0.2) is 0 Å². The molecule has 0 aliphatic carbocycles. The number of nitrogens with zero attached hydrogens (tertiary/aromatic N) is 2. The lowest BCUT2D eigenvalue weighted by Gasteiger charge is -2.15. The van der Waals surface area contributed by atoms with Crippen molar-refractivity contribution in [2.24, 2.45) is 10.2 Å². The minimum absolute atomic E-state index is 0.141. The number of benzene rings is 2. The van der Waals surface area contributed by atoms with E-state index in [0.717, 1.165) is 0 Å². The molecule has 2 rings (SSSR count). The molecule has 1 N–H and O–H groups in total. The van der Waals surface area contributed by atoms with Crippen molar-refractivity contribution in [3.63, 3.8) is 0 Å². The molecule has 2 aromatic carbocycles. The zero-order valence-corrected chi connectivity index (χ0v) is 20.4. The molecule has 0 saturated heterocycles. The zero-order valence-electron chi connectivity index (χ0n) is 18.9. The third-order valence-corrected chi connectivity index (χ3v) is 5.02. The first kappa shape index (κ1) is 26.2. The Bertz CT molecular complexity index is 1050. The van der Waals surface area contributed by atoms with Crippen LogP contribution in [-0.2, 0) is 9.59 Å². The van der Waals surface area contributed by atoms with E-state index in [1.807, 2.05) is 6.92 Å². The fraction of sp³-hybridized carbons (Fsp3) is 0.364. The highest BCUT2D eigenvalue weighted by Gasteiger charge is 2.25. The number of methoxy groups -OCH3 is 2. The van der Waals surface area contributed by atoms with Crippen LogP contribution in [0.2, 0.25) is 10.0 Å². The van der Waals surface area contributed by atoms with Crippen molar-refractivity contribution in [3.8, 4) is 23.0 Å². The summed E-state index contributed by atoms with van der Waals surface area (Å²) in [5, 5.41) is 10.8. The Hall–Kier alpha value is -3.04. The van der Waals surface area contributed by atoms with Gasteiger partial charge in [-0.15, -0.1) is 0 Å². The quantitative estimate of drug-likeness (QED) is 0.324. The second kappa shape index (κ2) is 12.3. The fourth-order valence-electron chi connectivity index (χ4n) is 2.72. The minimum Gasteiger partial charge on any atom is -0.497 e. The molecule has 0 spiro atoms. The van der Waals surface area contributed by atoms with Gasteiger partial charge in [-0.2, -0.15) is 10.2 Å². The molecular weight excluding hydrogens is 473 g/mol. The topological polar surface area (TPSA) is 108 Å². The molecule has 33 heavy (non-hydrogen) atoms. The van der Waals surface area contributed by atoms with Crippen LogP contribution in [0, 0.1) is 0 Å². The fourth-order valence-corrected chi connectivity index (χ4v) is 3.20. The lowest BCUT2D eigenvalue weighted by molar-refractivity contribution is -0.126. The molecule has 178 valence electrons. The molecule has 0 aliphatic rings. The molecule has 0 radical (unpaired) electrons. The number of halogens is 2. The standard InChI is InChI=1S/C22H25Cl2N3O6/c1-6-32-16-9-8-14(19(24)21(16)33-7-2)26-27-20(12(3)28)22(29)25-15-10-13(30-4)11-17(31-5)18(15)23/h8-11,20H,6-7H2,1-5H3,(H,25,29). The average molecular weight is 498 g/mol. The summed E-state index contributed by atoms with van der Waals surface area (Å²) >= 11 is 12.7. The Kier molecular flexibility index (Phi) is 9.74. The number of carbonyl (C=O) groups is 2. The van der Waals surface area contributed by atoms with Crippen molar-refractivity contribution in [2.45, 2.75) is 26.8 Å². The van der Waals surface area contributed by atoms with E-state index in [-0.39, 0.29) is 27.2 Å². The maximum Gasteiger partial charge on any atom is 0.258 e. The van der Waals surface area contributed by atoms with Crippen LogP contribution in [-0.4, -0.2) is 45.2 Å². The Labute approximate surface area is 202 Å². The van der Waals surface area contributed by atoms with Gasteiger partial charge in [0.1, 0.15) is 27.2 Å². The van der Waals surface area contributed by atoms with Crippen LogP contribution < -0.4 is 24.3 Å². The number of hydrogen-bond donors (Lipinski definition) is 1. The molecule has 9 nitrogen and oxygen atoms in total. The highest BCUT2D eigenvalue weighted by Crippen LogP contribution is 2.42. The van der Waals surface area contributed by atoms with Gasteiger partial charge in [-0.1, -0.05) is 23.2 Å². The lowest BCUT2D eigenvalue weighted by Crippen LogP contribution is -2.32. The number of nitrogens with one attached hydrogen (secondary N) is 1. The molecule has 1 amide bonds. The third-order valence-electron chi connectivity index (χ3n) is 4.27. The highest BCUT2D eigenvalue weighted by molar-refractivity contribution is 6.35. The molecule has 1 atom stereocenters. The SMILES string of the molecule is CCOc1ccc(N=NC(C(C)=O)C(=O)Nc2cc(OC)cc(OC)c2Cl)c(Cl)c1OCC. The Balaban J connectivity index is 2.34. The van der Waals surface area contributed by atoms with Gasteiger partial charge in [0.25, 0.3) is 5.91 Å². The number of anilines is 1. The van der Waals surface area contributed by atoms with Gasteiger partial charge in [0.05, 0.1) is 33.1 Å². The van der Waals surface area contributed by atoms with Gasteiger partial charge < -0.3 is 24.3 Å². The lowest BCUT2D eigenvalue weighted by atomic mass is 10.2. The second-order valence-electron chi connectivity index (χ2n) is 6.50. The van der Waals surface area contributed by atoms with Crippen molar-refractivity contribution in [2.75, 3.05) is 32.8 Å². The largest absolute Gasteiger partial charge is 0.497 e. The van der Waals surface area contributed by atoms with Crippen molar-refractivity contribution >= 4 is 46.3 Å². The molecule has 0 heterocycles. The van der Waals surface area contributed by atoms with Gasteiger partial charge >= 0.3 is 0 Å². The van der Waals surface area contributed by atoms with Crippen LogP contribution in [0.25, 0.3) is 0 Å². The van der Waals surface area contributed by atoms with E-state index >= 15 is 0 Å². The number of rotatable bonds is 11. The zero-order chi connectivity index (χ0) is 24.5. The molecular formula is C22H25Cl2N3O6. The number of hydrogen-bond acceptors (Lipinski definition) is 8. The predicted molar refractivity (Wildman–Crippen MR) is 126 cm³/mol. The predicted octanol–water partition coefficient (Wildman–Crippen LogP) is 5.49. The van der Waals surface area contributed by atoms with Crippen molar-refractivity contribution in [3.05, 3.63) is 34.3 Å². The van der Waals surface area contributed by atoms with Gasteiger partial charge in [0.15, 0.2) is 17.3 Å². The molecule has 2 aromatic rings. The first-order chi connectivity index (χ1) is 15.8. The summed E-state index contributed by atoms with van der Waals surface area (Å²) in [6, 6.07) is 4.79. The van der Waals surface area contributed by atoms with Crippen molar-refractivity contribution < 1.29 is 28.5 Å². The molecule has 0 aromatic heterocycles. The number of azo groups is 1. The van der Waals surface area contributed by atoms with Gasteiger partial charge in [0.2, 0.25) is 6.04 Å². The van der Waals surface area contributed by atoms with Gasteiger partial charge in [-0.05, 0) is 32.9 Å². The summed E-state index contributed by atoms with van der Waals surface area (Å²) in [6.45, 7) is 5.63. The van der Waals surface area contributed by atoms with E-state index in [1.54, 1.807) is 25.1 Å². The van der Waals surface area contributed by atoms with E-state index in [4.69, 9.17) is 42.1 Å². The number of carbonyl (C=O) groups excluding carboxylic acids is 2. The average Bonchev–Trinajstić information content (AvgIpc) is 2.78. The van der Waals surface area contributed by atoms with E-state index < -0.39 is 17.7 Å². The van der Waals surface area contributed by atoms with Gasteiger partial charge in [-0.3, -0.25) is 9.59 Å². The monoisotopic (exact) mass is 497 g/mol. The normalized spacial score (nSPS) is 11.7. The van der Waals surface area contributed by atoms with Crippen LogP contribution in [0.4, 0.5) is 11.4 Å². The van der Waals surface area contributed by atoms with Crippen molar-refractivity contribution in [1.82, 2.24) is 0 Å². The molecule has 0 aliphatic heterocycles. The summed E-state index contributed by atoms with van der Waals surface area (Å²) in [5.41, 5.74) is 0.403. The molecule has 0 fully saturated rings. The molecule has 0 bridgehead atoms. The van der Waals surface area contributed by atoms with Gasteiger partial charge in [0, 0.05) is 12.1 Å². The Morgan fingerprint density at radius 1 is 1.00 bits per heavy atom. The second-order valence-corrected chi connectivity index (χ2v) is 7.26. The first-order valence-corrected chi connectivity index (χ1v) is 10.7. The molecule has 1 unspecified atom stereocenters. The highest BCUT2D eigenvalue weighted by atomic mass is 35.5. The summed E-state index contributed by atoms with van der Waals surface area (Å²) in [7, 11) is 2.88. The van der Waals surface area contributed by atoms with Crippen LogP contribution in [0.15, 0.2) is 34.5 Å². The van der Waals surface area contributed by atoms with E-state index in [2.05, 4.69) is 15.5 Å². The molecule has 11 heteroatoms. The summed E-state index contributed by atoms with van der Waals surface area (Å²) in [5.74, 6) is 0.168. The Morgan fingerprint density at radius 3 is 2.27 bits per heavy atom. The van der Waals surface area contributed by atoms with Crippen LogP contribution in [0.5, 0.6) is 23.0 Å². The van der Waals surface area contributed by atoms with E-state index in [0.29, 0.717) is 30.5 Å². The molecule has 0 saturated carbocycles. The number of Topliss-reactive ketones (excluding diaryl/α,β-unsaturated/α-hetero) is 1. The third kappa shape index (κ3) is 6.49. The first-order valence-electron chi connectivity index (χ1n) is 9.99. The number of ether oxygens (including phenoxy) is 4. The maximum atomic E-state index is 12.8. The van der Waals surface area contributed by atoms with Crippen molar-refractivity contribution in [1.29, 1.82) is 0 Å². The summed E-state index contributed by atoms with van der Waals surface area (Å²) in [6.07, 6.45) is 0. The van der Waals surface area contributed by atoms with Crippen LogP contribution >= 0.6 is 23.2 Å². The maximum absolute atomic E-state index is 12.8. The number of ketones is 1. The minimum atomic E-state index is -1.45. The summed E-state index contributed by atoms with van der Waals surface area (Å²) in [4.78, 5) is 25.0. The number of amides is 1.